The van der Waals surface area contributed by atoms with Crippen LogP contribution in [0.15, 0.2) is 42.6 Å². The Kier molecular flexibility index (Phi) is 8.42. The van der Waals surface area contributed by atoms with Crippen molar-refractivity contribution in [3.05, 3.63) is 54.0 Å². The molecular formula is C28H30F3N5O4S. The van der Waals surface area contributed by atoms with Gasteiger partial charge in [-0.3, -0.25) is 4.79 Å². The first-order valence-corrected chi connectivity index (χ1v) is 15.1. The lowest BCUT2D eigenvalue weighted by molar-refractivity contribution is -0.140. The largest absolute Gasteiger partial charge is 0.406 e. The molecule has 1 amide bonds. The summed E-state index contributed by atoms with van der Waals surface area (Å²) in [6.07, 6.45) is -2.05. The molecule has 2 fully saturated rings. The summed E-state index contributed by atoms with van der Waals surface area (Å²) in [5.74, 6) is 5.75. The van der Waals surface area contributed by atoms with Gasteiger partial charge in [-0.05, 0) is 49.1 Å². The molecule has 0 saturated carbocycles. The number of halogens is 3. The Labute approximate surface area is 236 Å². The smallest absolute Gasteiger partial charge is 0.382 e. The molecule has 2 N–H and O–H groups in total. The van der Waals surface area contributed by atoms with Gasteiger partial charge in [0.15, 0.2) is 0 Å². The molecule has 2 aliphatic rings. The number of amides is 1. The quantitative estimate of drug-likeness (QED) is 0.424. The molecule has 0 aliphatic carbocycles. The van der Waals surface area contributed by atoms with Crippen LogP contribution in [0, 0.1) is 11.8 Å². The number of sulfone groups is 1. The van der Waals surface area contributed by atoms with Gasteiger partial charge in [0.25, 0.3) is 5.91 Å². The summed E-state index contributed by atoms with van der Waals surface area (Å²) in [4.78, 5) is 18.5. The van der Waals surface area contributed by atoms with Crippen molar-refractivity contribution in [3.63, 3.8) is 0 Å². The van der Waals surface area contributed by atoms with E-state index in [-0.39, 0.29) is 35.7 Å². The van der Waals surface area contributed by atoms with E-state index in [9.17, 15) is 26.4 Å². The van der Waals surface area contributed by atoms with E-state index in [1.807, 2.05) is 0 Å². The van der Waals surface area contributed by atoms with Gasteiger partial charge >= 0.3 is 6.18 Å². The van der Waals surface area contributed by atoms with Crippen LogP contribution in [0.4, 0.5) is 24.5 Å². The van der Waals surface area contributed by atoms with Crippen LogP contribution < -0.4 is 10.6 Å². The van der Waals surface area contributed by atoms with E-state index in [2.05, 4.69) is 27.5 Å². The highest BCUT2D eigenvalue weighted by atomic mass is 32.2. The Balaban J connectivity index is 1.30. The summed E-state index contributed by atoms with van der Waals surface area (Å²) in [7, 11) is -3.04. The van der Waals surface area contributed by atoms with Crippen LogP contribution in [-0.2, 0) is 21.1 Å². The normalized spacial score (nSPS) is 17.6. The van der Waals surface area contributed by atoms with Crippen LogP contribution in [0.25, 0.3) is 10.9 Å². The van der Waals surface area contributed by atoms with Gasteiger partial charge in [0.2, 0.25) is 0 Å². The number of nitrogens with one attached hydrogen (secondary N) is 2. The van der Waals surface area contributed by atoms with Crippen LogP contribution in [0.1, 0.15) is 29.0 Å². The highest BCUT2D eigenvalue weighted by Gasteiger charge is 2.30. The number of hydrogen-bond acceptors (Lipinski definition) is 7. The van der Waals surface area contributed by atoms with Crippen molar-refractivity contribution < 1.29 is 31.1 Å². The number of hydrogen-bond donors (Lipinski definition) is 2. The number of carbonyl (C=O) groups excluding carboxylic acids is 1. The zero-order chi connectivity index (χ0) is 29.0. The topological polar surface area (TPSA) is 106 Å². The van der Waals surface area contributed by atoms with Crippen LogP contribution >= 0.6 is 0 Å². The Hall–Kier alpha value is -3.76. The standard InChI is InChI=1S/C28H30F3N5O4S/c29-28(30,31)19-36-22(17-23-24(4-1-5-26(23)36)34-20-8-15-41(38,39)16-9-20)3-2-10-32-21-6-7-25(33-18-21)27(37)35-11-13-40-14-12-35/h1,4-7,17-18,20,32,34H,8-16,19H2. The summed E-state index contributed by atoms with van der Waals surface area (Å²) >= 11 is 0. The zero-order valence-corrected chi connectivity index (χ0v) is 23.0. The number of fused-ring (bicyclic) bond motifs is 1. The maximum atomic E-state index is 13.5. The molecule has 13 heteroatoms. The summed E-state index contributed by atoms with van der Waals surface area (Å²) in [5.41, 5.74) is 2.18. The molecule has 2 aromatic heterocycles. The van der Waals surface area contributed by atoms with Crippen molar-refractivity contribution in [2.75, 3.05) is 55.0 Å². The number of morpholine rings is 1. The minimum absolute atomic E-state index is 0.0852. The SMILES string of the molecule is O=C(c1ccc(NCC#Cc2cc3c(NC4CCS(=O)(=O)CC4)cccc3n2CC(F)(F)F)cn1)N1CCOCC1. The van der Waals surface area contributed by atoms with Crippen LogP contribution in [0.5, 0.6) is 0 Å². The molecule has 0 bridgehead atoms. The monoisotopic (exact) mass is 589 g/mol. The van der Waals surface area contributed by atoms with Gasteiger partial charge in [0, 0.05) is 30.2 Å². The van der Waals surface area contributed by atoms with E-state index >= 15 is 0 Å². The molecule has 0 unspecified atom stereocenters. The maximum Gasteiger partial charge on any atom is 0.406 e. The summed E-state index contributed by atoms with van der Waals surface area (Å²) in [6.45, 7) is 0.982. The number of carbonyl (C=O) groups is 1. The Morgan fingerprint density at radius 2 is 1.88 bits per heavy atom. The van der Waals surface area contributed by atoms with Gasteiger partial charge in [0.1, 0.15) is 22.1 Å². The van der Waals surface area contributed by atoms with Crippen molar-refractivity contribution in [3.8, 4) is 11.8 Å². The second-order valence-corrected chi connectivity index (χ2v) is 12.3. The van der Waals surface area contributed by atoms with Gasteiger partial charge in [0.05, 0.1) is 54.4 Å². The first-order valence-electron chi connectivity index (χ1n) is 13.3. The van der Waals surface area contributed by atoms with Crippen molar-refractivity contribution >= 4 is 38.0 Å². The van der Waals surface area contributed by atoms with E-state index in [0.717, 1.165) is 4.57 Å². The van der Waals surface area contributed by atoms with E-state index in [4.69, 9.17) is 4.74 Å². The molecule has 3 aromatic rings. The van der Waals surface area contributed by atoms with Gasteiger partial charge in [-0.15, -0.1) is 0 Å². The lowest BCUT2D eigenvalue weighted by atomic mass is 10.1. The van der Waals surface area contributed by atoms with Crippen molar-refractivity contribution in [2.24, 2.45) is 0 Å². The molecule has 0 atom stereocenters. The average Bonchev–Trinajstić information content (AvgIpc) is 3.29. The third-order valence-electron chi connectivity index (χ3n) is 7.08. The van der Waals surface area contributed by atoms with Gasteiger partial charge in [-0.2, -0.15) is 13.2 Å². The van der Waals surface area contributed by atoms with E-state index < -0.39 is 22.6 Å². The first-order chi connectivity index (χ1) is 19.6. The third kappa shape index (κ3) is 7.31. The average molecular weight is 590 g/mol. The molecule has 2 saturated heterocycles. The van der Waals surface area contributed by atoms with Crippen LogP contribution in [0.3, 0.4) is 0 Å². The molecule has 5 rings (SSSR count). The second kappa shape index (κ2) is 12.0. The Morgan fingerprint density at radius 1 is 1.12 bits per heavy atom. The lowest BCUT2D eigenvalue weighted by Crippen LogP contribution is -2.41. The van der Waals surface area contributed by atoms with Gasteiger partial charge in [-0.1, -0.05) is 12.0 Å². The molecule has 4 heterocycles. The van der Waals surface area contributed by atoms with E-state index in [1.54, 1.807) is 41.3 Å². The summed E-state index contributed by atoms with van der Waals surface area (Å²) in [5, 5.41) is 6.98. The van der Waals surface area contributed by atoms with E-state index in [1.165, 1.54) is 6.20 Å². The highest BCUT2D eigenvalue weighted by molar-refractivity contribution is 7.91. The maximum absolute atomic E-state index is 13.5. The number of anilines is 2. The van der Waals surface area contributed by atoms with Crippen molar-refractivity contribution in [1.29, 1.82) is 0 Å². The second-order valence-electron chi connectivity index (χ2n) is 10.0. The minimum atomic E-state index is -4.45. The lowest BCUT2D eigenvalue weighted by Gasteiger charge is -2.26. The molecule has 9 nitrogen and oxygen atoms in total. The summed E-state index contributed by atoms with van der Waals surface area (Å²) < 4.78 is 70.5. The summed E-state index contributed by atoms with van der Waals surface area (Å²) in [6, 6.07) is 9.94. The number of alkyl halides is 3. The number of benzene rings is 1. The number of ether oxygens (including phenoxy) is 1. The molecule has 41 heavy (non-hydrogen) atoms. The number of pyridine rings is 1. The molecule has 1 aromatic carbocycles. The predicted molar refractivity (Wildman–Crippen MR) is 150 cm³/mol. The predicted octanol–water partition coefficient (Wildman–Crippen LogP) is 3.52. The van der Waals surface area contributed by atoms with Crippen molar-refractivity contribution in [2.45, 2.75) is 31.6 Å². The van der Waals surface area contributed by atoms with Gasteiger partial charge < -0.3 is 24.8 Å². The van der Waals surface area contributed by atoms with Gasteiger partial charge in [-0.25, -0.2) is 13.4 Å². The fourth-order valence-corrected chi connectivity index (χ4v) is 6.44. The van der Waals surface area contributed by atoms with Crippen LogP contribution in [-0.4, -0.2) is 85.3 Å². The number of nitrogens with zero attached hydrogens (tertiary/aromatic N) is 3. The molecule has 0 radical (unpaired) electrons. The molecule has 2 aliphatic heterocycles. The fraction of sp³-hybridized carbons (Fsp3) is 0.429. The first kappa shape index (κ1) is 28.8. The van der Waals surface area contributed by atoms with Crippen molar-refractivity contribution in [1.82, 2.24) is 14.5 Å². The van der Waals surface area contributed by atoms with E-state index in [0.29, 0.717) is 67.1 Å². The Bertz CT molecular complexity index is 1560. The highest BCUT2D eigenvalue weighted by Crippen LogP contribution is 2.31. The fourth-order valence-electron chi connectivity index (χ4n) is 4.95. The van der Waals surface area contributed by atoms with Crippen LogP contribution in [0.2, 0.25) is 0 Å². The molecule has 218 valence electrons. The Morgan fingerprint density at radius 3 is 2.56 bits per heavy atom. The third-order valence-corrected chi connectivity index (χ3v) is 8.79. The number of rotatable bonds is 6. The molecular weight excluding hydrogens is 559 g/mol. The minimum Gasteiger partial charge on any atom is -0.382 e. The molecule has 0 spiro atoms. The zero-order valence-electron chi connectivity index (χ0n) is 22.2. The number of aromatic nitrogens is 2.